The lowest BCUT2D eigenvalue weighted by Gasteiger charge is -2.23. The van der Waals surface area contributed by atoms with Gasteiger partial charge in [-0.05, 0) is 24.6 Å². The predicted molar refractivity (Wildman–Crippen MR) is 107 cm³/mol. The van der Waals surface area contributed by atoms with Gasteiger partial charge in [0.15, 0.2) is 11.7 Å². The highest BCUT2D eigenvalue weighted by atomic mass is 19.3. The molecule has 32 heavy (non-hydrogen) atoms. The van der Waals surface area contributed by atoms with E-state index in [4.69, 9.17) is 5.73 Å². The zero-order valence-corrected chi connectivity index (χ0v) is 16.6. The van der Waals surface area contributed by atoms with Gasteiger partial charge in [0, 0.05) is 23.6 Å². The van der Waals surface area contributed by atoms with Gasteiger partial charge in [0.05, 0.1) is 24.5 Å². The number of amidine groups is 1. The molecule has 0 aliphatic carbocycles. The van der Waals surface area contributed by atoms with Crippen molar-refractivity contribution in [2.24, 2.45) is 10.7 Å². The van der Waals surface area contributed by atoms with E-state index in [1.807, 2.05) is 0 Å². The molecule has 3 aromatic rings. The third kappa shape index (κ3) is 4.03. The number of carbonyl (C=O) groups is 1. The molecule has 1 aliphatic heterocycles. The van der Waals surface area contributed by atoms with Crippen LogP contribution in [0.15, 0.2) is 41.8 Å². The molecule has 166 valence electrons. The number of rotatable bonds is 5. The van der Waals surface area contributed by atoms with Gasteiger partial charge in [0.25, 0.3) is 18.8 Å². The van der Waals surface area contributed by atoms with Gasteiger partial charge in [-0.2, -0.15) is 0 Å². The SMILES string of the molecule is Cc1nc(C(F)F)cnc1C(=O)Nc1ccc(C(F)F)c(C2Cn3ccnc3C(N)=N2)c1. The Kier molecular flexibility index (Phi) is 5.59. The Balaban J connectivity index is 1.64. The van der Waals surface area contributed by atoms with E-state index in [2.05, 4.69) is 25.3 Å². The molecule has 0 spiro atoms. The minimum Gasteiger partial charge on any atom is -0.381 e. The maximum absolute atomic E-state index is 13.7. The monoisotopic (exact) mass is 447 g/mol. The summed E-state index contributed by atoms with van der Waals surface area (Å²) in [5.41, 5.74) is 5.40. The van der Waals surface area contributed by atoms with Crippen molar-refractivity contribution in [3.63, 3.8) is 0 Å². The van der Waals surface area contributed by atoms with Crippen molar-refractivity contribution in [3.05, 3.63) is 70.8 Å². The molecule has 1 amide bonds. The number of imidazole rings is 1. The number of hydrogen-bond acceptors (Lipinski definition) is 6. The highest BCUT2D eigenvalue weighted by molar-refractivity contribution is 6.03. The number of carbonyl (C=O) groups excluding carboxylic acids is 1. The number of aryl methyl sites for hydroxylation is 1. The average Bonchev–Trinajstić information content (AvgIpc) is 3.22. The van der Waals surface area contributed by atoms with Crippen molar-refractivity contribution in [2.75, 3.05) is 5.32 Å². The summed E-state index contributed by atoms with van der Waals surface area (Å²) in [4.78, 5) is 28.4. The van der Waals surface area contributed by atoms with E-state index >= 15 is 0 Å². The van der Waals surface area contributed by atoms with E-state index in [0.29, 0.717) is 5.82 Å². The molecule has 8 nitrogen and oxygen atoms in total. The Labute approximate surface area is 179 Å². The zero-order chi connectivity index (χ0) is 23.0. The average molecular weight is 447 g/mol. The van der Waals surface area contributed by atoms with Gasteiger partial charge in [0.2, 0.25) is 0 Å². The fourth-order valence-corrected chi connectivity index (χ4v) is 3.47. The number of amides is 1. The molecule has 0 saturated carbocycles. The van der Waals surface area contributed by atoms with E-state index in [-0.39, 0.29) is 40.6 Å². The van der Waals surface area contributed by atoms with E-state index in [9.17, 15) is 22.4 Å². The maximum Gasteiger partial charge on any atom is 0.281 e. The van der Waals surface area contributed by atoms with Crippen molar-refractivity contribution in [2.45, 2.75) is 32.4 Å². The van der Waals surface area contributed by atoms with Crippen LogP contribution >= 0.6 is 0 Å². The summed E-state index contributed by atoms with van der Waals surface area (Å²) < 4.78 is 54.6. The lowest BCUT2D eigenvalue weighted by molar-refractivity contribution is 0.101. The highest BCUT2D eigenvalue weighted by Gasteiger charge is 2.26. The first kappa shape index (κ1) is 21.4. The Morgan fingerprint density at radius 1 is 1.22 bits per heavy atom. The number of nitrogens with one attached hydrogen (secondary N) is 1. The van der Waals surface area contributed by atoms with Crippen LogP contribution < -0.4 is 11.1 Å². The molecule has 12 heteroatoms. The van der Waals surface area contributed by atoms with Crippen LogP contribution in [0.25, 0.3) is 0 Å². The van der Waals surface area contributed by atoms with Gasteiger partial charge >= 0.3 is 0 Å². The molecule has 0 radical (unpaired) electrons. The summed E-state index contributed by atoms with van der Waals surface area (Å²) in [6, 6.07) is 3.18. The molecule has 2 aromatic heterocycles. The van der Waals surface area contributed by atoms with E-state index < -0.39 is 30.5 Å². The van der Waals surface area contributed by atoms with Gasteiger partial charge in [-0.15, -0.1) is 0 Å². The number of fused-ring (bicyclic) bond motifs is 1. The van der Waals surface area contributed by atoms with E-state index in [1.165, 1.54) is 31.3 Å². The summed E-state index contributed by atoms with van der Waals surface area (Å²) >= 11 is 0. The van der Waals surface area contributed by atoms with E-state index in [0.717, 1.165) is 6.20 Å². The minimum atomic E-state index is -2.82. The molecule has 3 N–H and O–H groups in total. The second kappa shape index (κ2) is 8.36. The number of hydrogen-bond donors (Lipinski definition) is 2. The molecular formula is C20H17F4N7O. The van der Waals surface area contributed by atoms with Crippen LogP contribution in [0.5, 0.6) is 0 Å². The first-order chi connectivity index (χ1) is 15.2. The molecule has 4 rings (SSSR count). The largest absolute Gasteiger partial charge is 0.381 e. The van der Waals surface area contributed by atoms with Gasteiger partial charge in [-0.25, -0.2) is 32.5 Å². The molecule has 1 aliphatic rings. The highest BCUT2D eigenvalue weighted by Crippen LogP contribution is 2.34. The molecule has 1 aromatic carbocycles. The van der Waals surface area contributed by atoms with Crippen LogP contribution in [-0.2, 0) is 6.54 Å². The summed E-state index contributed by atoms with van der Waals surface area (Å²) in [6.45, 7) is 1.62. The van der Waals surface area contributed by atoms with E-state index in [1.54, 1.807) is 10.8 Å². The first-order valence-corrected chi connectivity index (χ1v) is 9.44. The number of aliphatic imine (C=N–C) groups is 1. The van der Waals surface area contributed by atoms with Crippen LogP contribution in [0.2, 0.25) is 0 Å². The van der Waals surface area contributed by atoms with Gasteiger partial charge in [-0.3, -0.25) is 9.79 Å². The standard InChI is InChI=1S/C20H17F4N7O/c1-9-15(27-7-13(28-9)17(23)24)20(32)29-10-2-3-11(16(21)22)12(6-10)14-8-31-5-4-26-19(31)18(25)30-14/h2-7,14,16-17H,8H2,1H3,(H2,25,30)(H,29,32). The van der Waals surface area contributed by atoms with Gasteiger partial charge < -0.3 is 15.6 Å². The number of halogens is 4. The van der Waals surface area contributed by atoms with Gasteiger partial charge in [-0.1, -0.05) is 6.07 Å². The maximum atomic E-state index is 13.7. The second-order valence-corrected chi connectivity index (χ2v) is 7.06. The zero-order valence-electron chi connectivity index (χ0n) is 16.6. The van der Waals surface area contributed by atoms with Crippen LogP contribution in [0.4, 0.5) is 23.2 Å². The smallest absolute Gasteiger partial charge is 0.281 e. The lowest BCUT2D eigenvalue weighted by Crippen LogP contribution is -2.27. The van der Waals surface area contributed by atoms with Crippen molar-refractivity contribution >= 4 is 17.4 Å². The number of nitrogens with zero attached hydrogens (tertiary/aromatic N) is 5. The molecule has 0 saturated heterocycles. The van der Waals surface area contributed by atoms with Crippen molar-refractivity contribution < 1.29 is 22.4 Å². The number of anilines is 1. The Morgan fingerprint density at radius 3 is 2.69 bits per heavy atom. The first-order valence-electron chi connectivity index (χ1n) is 9.44. The third-order valence-electron chi connectivity index (χ3n) is 4.95. The topological polar surface area (TPSA) is 111 Å². The van der Waals surface area contributed by atoms with Crippen LogP contribution in [0.1, 0.15) is 57.7 Å². The third-order valence-corrected chi connectivity index (χ3v) is 4.95. The Bertz CT molecular complexity index is 1210. The summed E-state index contributed by atoms with van der Waals surface area (Å²) in [5, 5.41) is 2.55. The van der Waals surface area contributed by atoms with Crippen LogP contribution in [0, 0.1) is 6.92 Å². The second-order valence-electron chi connectivity index (χ2n) is 7.06. The normalized spacial score (nSPS) is 15.6. The molecular weight excluding hydrogens is 430 g/mol. The quantitative estimate of drug-likeness (QED) is 0.581. The fourth-order valence-electron chi connectivity index (χ4n) is 3.47. The Hall–Kier alpha value is -3.83. The minimum absolute atomic E-state index is 0.0158. The Morgan fingerprint density at radius 2 is 2.00 bits per heavy atom. The van der Waals surface area contributed by atoms with Crippen LogP contribution in [-0.4, -0.2) is 31.3 Å². The number of nitrogens with two attached hydrogens (primary N) is 1. The van der Waals surface area contributed by atoms with Crippen molar-refractivity contribution in [1.82, 2.24) is 19.5 Å². The number of aromatic nitrogens is 4. The summed E-state index contributed by atoms with van der Waals surface area (Å²) in [6.07, 6.45) is -1.57. The predicted octanol–water partition coefficient (Wildman–Crippen LogP) is 3.57. The molecule has 1 atom stereocenters. The molecule has 0 bridgehead atoms. The molecule has 3 heterocycles. The number of benzene rings is 1. The molecule has 0 fully saturated rings. The lowest BCUT2D eigenvalue weighted by atomic mass is 9.98. The van der Waals surface area contributed by atoms with Crippen molar-refractivity contribution in [1.29, 1.82) is 0 Å². The summed E-state index contributed by atoms with van der Waals surface area (Å²) in [7, 11) is 0. The molecule has 1 unspecified atom stereocenters. The summed E-state index contributed by atoms with van der Waals surface area (Å²) in [5.74, 6) is -0.147. The number of alkyl halides is 4. The van der Waals surface area contributed by atoms with Crippen LogP contribution in [0.3, 0.4) is 0 Å². The fraction of sp³-hybridized carbons (Fsp3) is 0.250. The van der Waals surface area contributed by atoms with Gasteiger partial charge in [0.1, 0.15) is 11.4 Å². The van der Waals surface area contributed by atoms with Crippen molar-refractivity contribution in [3.8, 4) is 0 Å².